The minimum absolute atomic E-state index is 0.0694. The second kappa shape index (κ2) is 32.0. The van der Waals surface area contributed by atoms with E-state index in [1.165, 1.54) is 89.9 Å². The molecule has 0 saturated heterocycles. The van der Waals surface area contributed by atoms with Crippen molar-refractivity contribution < 1.29 is 35.1 Å². The molecule has 0 aliphatic rings. The van der Waals surface area contributed by atoms with Crippen LogP contribution in [0.2, 0.25) is 0 Å². The van der Waals surface area contributed by atoms with Gasteiger partial charge in [0.1, 0.15) is 6.04 Å². The lowest BCUT2D eigenvalue weighted by Crippen LogP contribution is -2.37. The molecule has 0 saturated carbocycles. The van der Waals surface area contributed by atoms with Crippen LogP contribution in [0.25, 0.3) is 0 Å². The number of aliphatic hydroxyl groups is 3. The standard InChI is InChI=1S/C23H45NO4.C6H15NO3/c1-2-3-4-5-6-7-8-9-10-11-12-13-14-15-16-17-20-24-21(23(27)28)18-19-22(25)26;8-4-1-7(2-5-9)3-6-10/h21,24H,2-20H2,1H3,(H,25,26)(H,27,28);8-10H,1-6H2/t21-;/m0./s1. The number of nitrogens with one attached hydrogen (secondary N) is 1. The van der Waals surface area contributed by atoms with Crippen molar-refractivity contribution in [2.75, 3.05) is 46.0 Å². The smallest absolute Gasteiger partial charge is 0.320 e. The lowest BCUT2D eigenvalue weighted by Gasteiger charge is -2.17. The van der Waals surface area contributed by atoms with Gasteiger partial charge in [-0.05, 0) is 19.4 Å². The van der Waals surface area contributed by atoms with Gasteiger partial charge in [-0.3, -0.25) is 14.5 Å². The number of rotatable bonds is 28. The second-order valence-electron chi connectivity index (χ2n) is 10.1. The SMILES string of the molecule is CCCCCCCCCCCCCCCCCCN[C@@H](CCC(=O)O)C(=O)O.OCCN(CCO)CCO. The molecular weight excluding hydrogens is 488 g/mol. The molecule has 228 valence electrons. The summed E-state index contributed by atoms with van der Waals surface area (Å²) in [5, 5.41) is 46.1. The van der Waals surface area contributed by atoms with Gasteiger partial charge in [-0.25, -0.2) is 0 Å². The van der Waals surface area contributed by atoms with Crippen LogP contribution >= 0.6 is 0 Å². The molecule has 0 amide bonds. The molecule has 1 atom stereocenters. The first-order chi connectivity index (χ1) is 18.4. The molecule has 0 spiro atoms. The van der Waals surface area contributed by atoms with E-state index in [2.05, 4.69) is 12.2 Å². The lowest BCUT2D eigenvalue weighted by molar-refractivity contribution is -0.140. The summed E-state index contributed by atoms with van der Waals surface area (Å²) in [6.07, 6.45) is 21.1. The van der Waals surface area contributed by atoms with E-state index in [0.717, 1.165) is 12.8 Å². The summed E-state index contributed by atoms with van der Waals surface area (Å²) in [5.74, 6) is -1.91. The minimum Gasteiger partial charge on any atom is -0.481 e. The second-order valence-corrected chi connectivity index (χ2v) is 10.1. The molecule has 0 fully saturated rings. The monoisotopic (exact) mass is 548 g/mol. The fourth-order valence-electron chi connectivity index (χ4n) is 4.29. The van der Waals surface area contributed by atoms with Crippen molar-refractivity contribution in [1.82, 2.24) is 10.2 Å². The van der Waals surface area contributed by atoms with Crippen molar-refractivity contribution in [1.29, 1.82) is 0 Å². The first-order valence-electron chi connectivity index (χ1n) is 15.2. The van der Waals surface area contributed by atoms with Crippen LogP contribution in [0.3, 0.4) is 0 Å². The van der Waals surface area contributed by atoms with Crippen molar-refractivity contribution in [3.63, 3.8) is 0 Å². The normalized spacial score (nSPS) is 11.8. The highest BCUT2D eigenvalue weighted by Crippen LogP contribution is 2.13. The summed E-state index contributed by atoms with van der Waals surface area (Å²) in [6, 6.07) is -0.743. The third-order valence-electron chi connectivity index (χ3n) is 6.61. The molecule has 6 N–H and O–H groups in total. The molecule has 38 heavy (non-hydrogen) atoms. The molecule has 0 heterocycles. The highest BCUT2D eigenvalue weighted by atomic mass is 16.4. The van der Waals surface area contributed by atoms with E-state index in [9.17, 15) is 9.59 Å². The molecule has 0 aliphatic heterocycles. The molecule has 0 radical (unpaired) electrons. The summed E-state index contributed by atoms with van der Waals surface area (Å²) < 4.78 is 0. The Morgan fingerprint density at radius 3 is 1.32 bits per heavy atom. The Bertz CT molecular complexity index is 495. The van der Waals surface area contributed by atoms with Crippen LogP contribution in [0.5, 0.6) is 0 Å². The highest BCUT2D eigenvalue weighted by molar-refractivity contribution is 5.75. The topological polar surface area (TPSA) is 151 Å². The van der Waals surface area contributed by atoms with Gasteiger partial charge in [0.2, 0.25) is 0 Å². The van der Waals surface area contributed by atoms with E-state index in [4.69, 9.17) is 25.5 Å². The molecule has 0 aliphatic carbocycles. The van der Waals surface area contributed by atoms with Gasteiger partial charge in [-0.2, -0.15) is 0 Å². The Morgan fingerprint density at radius 1 is 0.632 bits per heavy atom. The Balaban J connectivity index is 0. The summed E-state index contributed by atoms with van der Waals surface area (Å²) in [6.45, 7) is 4.67. The fourth-order valence-corrected chi connectivity index (χ4v) is 4.29. The number of nitrogens with zero attached hydrogens (tertiary/aromatic N) is 1. The van der Waals surface area contributed by atoms with Gasteiger partial charge in [0.25, 0.3) is 0 Å². The van der Waals surface area contributed by atoms with Crippen LogP contribution in [-0.4, -0.2) is 94.4 Å². The number of carbonyl (C=O) groups is 2. The summed E-state index contributed by atoms with van der Waals surface area (Å²) >= 11 is 0. The van der Waals surface area contributed by atoms with Gasteiger partial charge >= 0.3 is 11.9 Å². The molecule has 0 rings (SSSR count). The maximum absolute atomic E-state index is 11.1. The number of hydrogen-bond donors (Lipinski definition) is 6. The van der Waals surface area contributed by atoms with Crippen LogP contribution in [0.4, 0.5) is 0 Å². The Morgan fingerprint density at radius 2 is 1.00 bits per heavy atom. The Labute approximate surface area is 232 Å². The van der Waals surface area contributed by atoms with Crippen LogP contribution < -0.4 is 5.32 Å². The van der Waals surface area contributed by atoms with E-state index in [-0.39, 0.29) is 32.7 Å². The van der Waals surface area contributed by atoms with E-state index < -0.39 is 18.0 Å². The third-order valence-corrected chi connectivity index (χ3v) is 6.61. The van der Waals surface area contributed by atoms with Crippen LogP contribution in [-0.2, 0) is 9.59 Å². The van der Waals surface area contributed by atoms with Crippen molar-refractivity contribution in [2.24, 2.45) is 0 Å². The predicted molar refractivity (Wildman–Crippen MR) is 154 cm³/mol. The quantitative estimate of drug-likeness (QED) is 0.0781. The van der Waals surface area contributed by atoms with Gasteiger partial charge in [0.05, 0.1) is 19.8 Å². The molecule has 9 heteroatoms. The zero-order valence-electron chi connectivity index (χ0n) is 24.3. The average Bonchev–Trinajstić information content (AvgIpc) is 2.88. The van der Waals surface area contributed by atoms with Gasteiger partial charge in [0, 0.05) is 26.1 Å². The van der Waals surface area contributed by atoms with Gasteiger partial charge < -0.3 is 30.8 Å². The zero-order chi connectivity index (χ0) is 28.7. The molecule has 9 nitrogen and oxygen atoms in total. The molecule has 0 unspecified atom stereocenters. The maximum atomic E-state index is 11.1. The molecular formula is C29H60N2O7. The fraction of sp³-hybridized carbons (Fsp3) is 0.931. The molecule has 0 aromatic rings. The van der Waals surface area contributed by atoms with Gasteiger partial charge in [-0.1, -0.05) is 103 Å². The molecule has 0 bridgehead atoms. The van der Waals surface area contributed by atoms with Crippen molar-refractivity contribution >= 4 is 11.9 Å². The number of hydrogen-bond acceptors (Lipinski definition) is 7. The Kier molecular flexibility index (Phi) is 32.7. The van der Waals surface area contributed by atoms with Crippen molar-refractivity contribution in [3.8, 4) is 0 Å². The average molecular weight is 549 g/mol. The lowest BCUT2D eigenvalue weighted by atomic mass is 10.0. The van der Waals surface area contributed by atoms with Gasteiger partial charge in [0.15, 0.2) is 0 Å². The van der Waals surface area contributed by atoms with Crippen LogP contribution in [0.15, 0.2) is 0 Å². The highest BCUT2D eigenvalue weighted by Gasteiger charge is 2.17. The van der Waals surface area contributed by atoms with E-state index in [0.29, 0.717) is 26.2 Å². The van der Waals surface area contributed by atoms with E-state index in [1.54, 1.807) is 4.90 Å². The van der Waals surface area contributed by atoms with E-state index in [1.807, 2.05) is 0 Å². The zero-order valence-corrected chi connectivity index (χ0v) is 24.3. The number of carboxylic acid groups (broad SMARTS) is 2. The summed E-state index contributed by atoms with van der Waals surface area (Å²) in [4.78, 5) is 23.4. The third kappa shape index (κ3) is 31.0. The minimum atomic E-state index is -0.960. The number of aliphatic hydroxyl groups excluding tert-OH is 3. The van der Waals surface area contributed by atoms with Crippen LogP contribution in [0.1, 0.15) is 122 Å². The van der Waals surface area contributed by atoms with Crippen molar-refractivity contribution in [2.45, 2.75) is 129 Å². The van der Waals surface area contributed by atoms with E-state index >= 15 is 0 Å². The largest absolute Gasteiger partial charge is 0.481 e. The van der Waals surface area contributed by atoms with Gasteiger partial charge in [-0.15, -0.1) is 0 Å². The number of unbranched alkanes of at least 4 members (excludes halogenated alkanes) is 15. The predicted octanol–water partition coefficient (Wildman–Crippen LogP) is 4.42. The maximum Gasteiger partial charge on any atom is 0.320 e. The van der Waals surface area contributed by atoms with Crippen LogP contribution in [0, 0.1) is 0 Å². The summed E-state index contributed by atoms with van der Waals surface area (Å²) in [5.41, 5.74) is 0. The molecule has 0 aromatic heterocycles. The molecule has 0 aromatic carbocycles. The Hall–Kier alpha value is -1.26. The first-order valence-corrected chi connectivity index (χ1v) is 15.2. The first kappa shape index (κ1) is 38.9. The number of aliphatic carboxylic acids is 2. The number of carboxylic acids is 2. The summed E-state index contributed by atoms with van der Waals surface area (Å²) in [7, 11) is 0. The van der Waals surface area contributed by atoms with Crippen molar-refractivity contribution in [3.05, 3.63) is 0 Å².